The van der Waals surface area contributed by atoms with E-state index in [0.29, 0.717) is 41.5 Å². The number of carbonyl (C=O) groups is 2. The zero-order valence-electron chi connectivity index (χ0n) is 14.6. The van der Waals surface area contributed by atoms with Gasteiger partial charge in [0.2, 0.25) is 0 Å². The SMILES string of the molecule is CC(=O)c1cccc(NC(=O)c2ccc3c(c2)OCC(C)(C)CO3)c1. The van der Waals surface area contributed by atoms with E-state index in [0.717, 1.165) is 0 Å². The lowest BCUT2D eigenvalue weighted by atomic mass is 9.97. The van der Waals surface area contributed by atoms with E-state index in [-0.39, 0.29) is 17.1 Å². The highest BCUT2D eigenvalue weighted by Crippen LogP contribution is 2.34. The Kier molecular flexibility index (Phi) is 4.49. The number of hydrogen-bond donors (Lipinski definition) is 1. The minimum absolute atomic E-state index is 0.0470. The predicted molar refractivity (Wildman–Crippen MR) is 95.6 cm³/mol. The maximum atomic E-state index is 12.5. The van der Waals surface area contributed by atoms with Gasteiger partial charge < -0.3 is 14.8 Å². The zero-order valence-corrected chi connectivity index (χ0v) is 14.6. The van der Waals surface area contributed by atoms with Gasteiger partial charge in [-0.05, 0) is 37.3 Å². The highest BCUT2D eigenvalue weighted by molar-refractivity contribution is 6.05. The van der Waals surface area contributed by atoms with E-state index in [1.165, 1.54) is 6.92 Å². The number of hydrogen-bond acceptors (Lipinski definition) is 4. The minimum atomic E-state index is -0.268. The van der Waals surface area contributed by atoms with E-state index in [1.807, 2.05) is 0 Å². The van der Waals surface area contributed by atoms with Crippen molar-refractivity contribution in [1.82, 2.24) is 0 Å². The van der Waals surface area contributed by atoms with Crippen LogP contribution in [0.5, 0.6) is 11.5 Å². The zero-order chi connectivity index (χ0) is 18.0. The van der Waals surface area contributed by atoms with E-state index in [2.05, 4.69) is 19.2 Å². The second-order valence-corrected chi connectivity index (χ2v) is 6.99. The van der Waals surface area contributed by atoms with Gasteiger partial charge in [-0.25, -0.2) is 0 Å². The van der Waals surface area contributed by atoms with Gasteiger partial charge in [-0.2, -0.15) is 0 Å². The molecule has 0 bridgehead atoms. The summed E-state index contributed by atoms with van der Waals surface area (Å²) in [6.07, 6.45) is 0. The smallest absolute Gasteiger partial charge is 0.255 e. The fourth-order valence-corrected chi connectivity index (χ4v) is 2.49. The molecule has 3 rings (SSSR count). The molecule has 0 fully saturated rings. The van der Waals surface area contributed by atoms with Crippen molar-refractivity contribution < 1.29 is 19.1 Å². The molecule has 5 nitrogen and oxygen atoms in total. The molecule has 25 heavy (non-hydrogen) atoms. The summed E-state index contributed by atoms with van der Waals surface area (Å²) in [7, 11) is 0. The van der Waals surface area contributed by atoms with Crippen LogP contribution in [0.4, 0.5) is 5.69 Å². The standard InChI is InChI=1S/C20H21NO4/c1-13(22)14-5-4-6-16(9-14)21-19(23)15-7-8-17-18(10-15)25-12-20(2,3)11-24-17/h4-10H,11-12H2,1-3H3,(H,21,23). The van der Waals surface area contributed by atoms with Gasteiger partial charge >= 0.3 is 0 Å². The molecule has 1 heterocycles. The van der Waals surface area contributed by atoms with Crippen LogP contribution in [0.1, 0.15) is 41.5 Å². The van der Waals surface area contributed by atoms with E-state index in [9.17, 15) is 9.59 Å². The Balaban J connectivity index is 1.79. The normalized spacial score (nSPS) is 15.2. The average Bonchev–Trinajstić information content (AvgIpc) is 2.73. The first kappa shape index (κ1) is 17.0. The summed E-state index contributed by atoms with van der Waals surface area (Å²) < 4.78 is 11.6. The topological polar surface area (TPSA) is 64.6 Å². The molecule has 0 spiro atoms. The molecule has 0 radical (unpaired) electrons. The number of fused-ring (bicyclic) bond motifs is 1. The van der Waals surface area contributed by atoms with Crippen molar-refractivity contribution in [2.75, 3.05) is 18.5 Å². The largest absolute Gasteiger partial charge is 0.489 e. The van der Waals surface area contributed by atoms with Crippen LogP contribution in [0.25, 0.3) is 0 Å². The lowest BCUT2D eigenvalue weighted by Crippen LogP contribution is -2.26. The third kappa shape index (κ3) is 3.99. The summed E-state index contributed by atoms with van der Waals surface area (Å²) in [4.78, 5) is 24.0. The van der Waals surface area contributed by atoms with Crippen LogP contribution >= 0.6 is 0 Å². The highest BCUT2D eigenvalue weighted by Gasteiger charge is 2.25. The molecule has 2 aromatic carbocycles. The van der Waals surface area contributed by atoms with Gasteiger partial charge in [0.05, 0.1) is 13.2 Å². The number of ether oxygens (including phenoxy) is 2. The summed E-state index contributed by atoms with van der Waals surface area (Å²) in [5.41, 5.74) is 1.51. The molecule has 130 valence electrons. The molecular formula is C20H21NO4. The van der Waals surface area contributed by atoms with E-state index in [4.69, 9.17) is 9.47 Å². The second-order valence-electron chi connectivity index (χ2n) is 6.99. The molecule has 0 aliphatic carbocycles. The molecule has 1 aliphatic heterocycles. The number of Topliss-reactive ketones (excluding diaryl/α,β-unsaturated/α-hetero) is 1. The van der Waals surface area contributed by atoms with Crippen molar-refractivity contribution >= 4 is 17.4 Å². The van der Waals surface area contributed by atoms with Crippen LogP contribution in [0, 0.1) is 5.41 Å². The summed E-state index contributed by atoms with van der Waals surface area (Å²) in [5.74, 6) is 0.890. The molecule has 5 heteroatoms. The Morgan fingerprint density at radius 3 is 2.40 bits per heavy atom. The van der Waals surface area contributed by atoms with E-state index < -0.39 is 0 Å². The molecule has 2 aromatic rings. The van der Waals surface area contributed by atoms with Crippen LogP contribution in [0.3, 0.4) is 0 Å². The third-order valence-corrected chi connectivity index (χ3v) is 3.97. The Morgan fingerprint density at radius 1 is 0.960 bits per heavy atom. The van der Waals surface area contributed by atoms with Gasteiger partial charge in [-0.15, -0.1) is 0 Å². The molecule has 1 N–H and O–H groups in total. The first-order valence-electron chi connectivity index (χ1n) is 8.16. The average molecular weight is 339 g/mol. The molecule has 0 aromatic heterocycles. The van der Waals surface area contributed by atoms with Crippen LogP contribution in [0.15, 0.2) is 42.5 Å². The Hall–Kier alpha value is -2.82. The van der Waals surface area contributed by atoms with Crippen molar-refractivity contribution in [3.05, 3.63) is 53.6 Å². The Labute approximate surface area is 147 Å². The number of anilines is 1. The van der Waals surface area contributed by atoms with E-state index in [1.54, 1.807) is 42.5 Å². The van der Waals surface area contributed by atoms with Crippen LogP contribution in [-0.2, 0) is 0 Å². The molecule has 0 unspecified atom stereocenters. The number of rotatable bonds is 3. The summed E-state index contributed by atoms with van der Waals surface area (Å²) >= 11 is 0. The van der Waals surface area contributed by atoms with Gasteiger partial charge in [-0.3, -0.25) is 9.59 Å². The molecule has 1 aliphatic rings. The van der Waals surface area contributed by atoms with Crippen LogP contribution < -0.4 is 14.8 Å². The summed E-state index contributed by atoms with van der Waals surface area (Å²) in [6, 6.07) is 12.0. The highest BCUT2D eigenvalue weighted by atomic mass is 16.5. The van der Waals surface area contributed by atoms with Crippen molar-refractivity contribution in [3.63, 3.8) is 0 Å². The number of benzene rings is 2. The van der Waals surface area contributed by atoms with Crippen molar-refractivity contribution in [2.24, 2.45) is 5.41 Å². The number of nitrogens with one attached hydrogen (secondary N) is 1. The first-order valence-corrected chi connectivity index (χ1v) is 8.16. The molecule has 0 atom stereocenters. The van der Waals surface area contributed by atoms with Crippen molar-refractivity contribution in [2.45, 2.75) is 20.8 Å². The van der Waals surface area contributed by atoms with Gasteiger partial charge in [0.1, 0.15) is 0 Å². The number of ketones is 1. The quantitative estimate of drug-likeness (QED) is 0.860. The minimum Gasteiger partial charge on any atom is -0.489 e. The maximum Gasteiger partial charge on any atom is 0.255 e. The summed E-state index contributed by atoms with van der Waals surface area (Å²) in [6.45, 7) is 6.70. The second kappa shape index (κ2) is 6.59. The van der Waals surface area contributed by atoms with Crippen molar-refractivity contribution in [1.29, 1.82) is 0 Å². The molecule has 1 amide bonds. The number of carbonyl (C=O) groups excluding carboxylic acids is 2. The Morgan fingerprint density at radius 2 is 1.68 bits per heavy atom. The molecule has 0 saturated heterocycles. The van der Waals surface area contributed by atoms with Crippen molar-refractivity contribution in [3.8, 4) is 11.5 Å². The van der Waals surface area contributed by atoms with Gasteiger partial charge in [-0.1, -0.05) is 26.0 Å². The van der Waals surface area contributed by atoms with Gasteiger partial charge in [0.25, 0.3) is 5.91 Å². The summed E-state index contributed by atoms with van der Waals surface area (Å²) in [5, 5.41) is 2.80. The fourth-order valence-electron chi connectivity index (χ4n) is 2.49. The van der Waals surface area contributed by atoms with Crippen LogP contribution in [-0.4, -0.2) is 24.9 Å². The third-order valence-electron chi connectivity index (χ3n) is 3.97. The van der Waals surface area contributed by atoms with Gasteiger partial charge in [0, 0.05) is 22.2 Å². The monoisotopic (exact) mass is 339 g/mol. The molecular weight excluding hydrogens is 318 g/mol. The molecule has 0 saturated carbocycles. The lowest BCUT2D eigenvalue weighted by molar-refractivity contribution is 0.101. The predicted octanol–water partition coefficient (Wildman–Crippen LogP) is 3.94. The lowest BCUT2D eigenvalue weighted by Gasteiger charge is -2.19. The number of amides is 1. The van der Waals surface area contributed by atoms with Gasteiger partial charge in [0.15, 0.2) is 17.3 Å². The van der Waals surface area contributed by atoms with Crippen LogP contribution in [0.2, 0.25) is 0 Å². The first-order chi connectivity index (χ1) is 11.8. The maximum absolute atomic E-state index is 12.5. The fraction of sp³-hybridized carbons (Fsp3) is 0.300. The van der Waals surface area contributed by atoms with E-state index >= 15 is 0 Å². The Bertz CT molecular complexity index is 826.